The van der Waals surface area contributed by atoms with E-state index in [-0.39, 0.29) is 12.5 Å². The van der Waals surface area contributed by atoms with Crippen molar-refractivity contribution in [2.24, 2.45) is 5.92 Å². The van der Waals surface area contributed by atoms with Crippen LogP contribution in [0.5, 0.6) is 0 Å². The molecule has 110 valence electrons. The second-order valence-corrected chi connectivity index (χ2v) is 4.68. The molecule has 0 aromatic rings. The Morgan fingerprint density at radius 2 is 1.79 bits per heavy atom. The average molecular weight is 274 g/mol. The molecule has 0 aliphatic rings. The topological polar surface area (TPSA) is 105 Å². The summed E-state index contributed by atoms with van der Waals surface area (Å²) < 4.78 is 4.78. The van der Waals surface area contributed by atoms with Crippen LogP contribution in [0, 0.1) is 5.92 Å². The summed E-state index contributed by atoms with van der Waals surface area (Å²) in [5.41, 5.74) is 0. The molecule has 1 unspecified atom stereocenters. The number of nitrogens with one attached hydrogen (secondary N) is 2. The molecule has 0 rings (SSSR count). The maximum atomic E-state index is 11.5. The molecular formula is C12H22N2O5. The number of hydrogen-bond donors (Lipinski definition) is 3. The Hall–Kier alpha value is -1.63. The Morgan fingerprint density at radius 3 is 2.21 bits per heavy atom. The SMILES string of the molecule is COC(C)C(=O)NCC(=O)N[C@@H](CC(C)C)C(=O)O. The van der Waals surface area contributed by atoms with E-state index in [0.29, 0.717) is 6.42 Å². The maximum absolute atomic E-state index is 11.5. The first kappa shape index (κ1) is 17.4. The van der Waals surface area contributed by atoms with Crippen molar-refractivity contribution in [3.05, 3.63) is 0 Å². The number of carbonyl (C=O) groups excluding carboxylic acids is 2. The van der Waals surface area contributed by atoms with Crippen molar-refractivity contribution in [1.29, 1.82) is 0 Å². The second-order valence-electron chi connectivity index (χ2n) is 4.68. The number of methoxy groups -OCH3 is 1. The Bertz CT molecular complexity index is 330. The third kappa shape index (κ3) is 7.40. The zero-order valence-electron chi connectivity index (χ0n) is 11.7. The first-order valence-electron chi connectivity index (χ1n) is 6.10. The van der Waals surface area contributed by atoms with E-state index in [1.54, 1.807) is 6.92 Å². The highest BCUT2D eigenvalue weighted by atomic mass is 16.5. The summed E-state index contributed by atoms with van der Waals surface area (Å²) in [5, 5.41) is 13.7. The van der Waals surface area contributed by atoms with Gasteiger partial charge in [0.1, 0.15) is 12.1 Å². The van der Waals surface area contributed by atoms with E-state index < -0.39 is 29.9 Å². The molecule has 19 heavy (non-hydrogen) atoms. The van der Waals surface area contributed by atoms with Gasteiger partial charge in [-0.05, 0) is 19.3 Å². The quantitative estimate of drug-likeness (QED) is 0.566. The summed E-state index contributed by atoms with van der Waals surface area (Å²) in [5.74, 6) is -1.90. The minimum atomic E-state index is -1.08. The fourth-order valence-electron chi connectivity index (χ4n) is 1.36. The van der Waals surface area contributed by atoms with Gasteiger partial charge in [0.15, 0.2) is 0 Å². The van der Waals surface area contributed by atoms with Gasteiger partial charge in [-0.3, -0.25) is 9.59 Å². The lowest BCUT2D eigenvalue weighted by atomic mass is 10.0. The molecule has 0 saturated heterocycles. The van der Waals surface area contributed by atoms with E-state index in [1.165, 1.54) is 7.11 Å². The van der Waals surface area contributed by atoms with Crippen molar-refractivity contribution in [2.75, 3.05) is 13.7 Å². The van der Waals surface area contributed by atoms with E-state index in [4.69, 9.17) is 9.84 Å². The van der Waals surface area contributed by atoms with Gasteiger partial charge in [-0.1, -0.05) is 13.8 Å². The summed E-state index contributed by atoms with van der Waals surface area (Å²) >= 11 is 0. The second kappa shape index (κ2) is 8.47. The molecule has 0 aromatic heterocycles. The number of hydrogen-bond acceptors (Lipinski definition) is 4. The molecule has 0 heterocycles. The van der Waals surface area contributed by atoms with Crippen LogP contribution in [0.4, 0.5) is 0 Å². The van der Waals surface area contributed by atoms with Gasteiger partial charge in [0.25, 0.3) is 0 Å². The number of carboxylic acids is 1. The first-order chi connectivity index (χ1) is 8.77. The molecule has 2 atom stereocenters. The van der Waals surface area contributed by atoms with Crippen LogP contribution in [-0.2, 0) is 19.1 Å². The predicted molar refractivity (Wildman–Crippen MR) is 68.5 cm³/mol. The molecule has 0 aromatic carbocycles. The summed E-state index contributed by atoms with van der Waals surface area (Å²) in [4.78, 5) is 33.8. The normalized spacial score (nSPS) is 13.7. The van der Waals surface area contributed by atoms with Crippen molar-refractivity contribution in [1.82, 2.24) is 10.6 Å². The minimum Gasteiger partial charge on any atom is -0.480 e. The lowest BCUT2D eigenvalue weighted by molar-refractivity contribution is -0.142. The Balaban J connectivity index is 4.20. The molecule has 0 bridgehead atoms. The third-order valence-electron chi connectivity index (χ3n) is 2.49. The maximum Gasteiger partial charge on any atom is 0.326 e. The van der Waals surface area contributed by atoms with Crippen LogP contribution >= 0.6 is 0 Å². The largest absolute Gasteiger partial charge is 0.480 e. The molecule has 0 radical (unpaired) electrons. The standard InChI is InChI=1S/C12H22N2O5/c1-7(2)5-9(12(17)18)14-10(15)6-13-11(16)8(3)19-4/h7-9H,5-6H2,1-4H3,(H,13,16)(H,14,15)(H,17,18)/t8?,9-/m0/s1. The Kier molecular flexibility index (Phi) is 7.74. The van der Waals surface area contributed by atoms with Crippen molar-refractivity contribution in [3.63, 3.8) is 0 Å². The van der Waals surface area contributed by atoms with Crippen molar-refractivity contribution < 1.29 is 24.2 Å². The fourth-order valence-corrected chi connectivity index (χ4v) is 1.36. The number of carboxylic acid groups (broad SMARTS) is 1. The molecule has 3 N–H and O–H groups in total. The first-order valence-corrected chi connectivity index (χ1v) is 6.10. The van der Waals surface area contributed by atoms with Crippen molar-refractivity contribution in [2.45, 2.75) is 39.3 Å². The molecule has 0 aliphatic heterocycles. The van der Waals surface area contributed by atoms with Crippen LogP contribution in [0.25, 0.3) is 0 Å². The van der Waals surface area contributed by atoms with Crippen LogP contribution in [0.2, 0.25) is 0 Å². The fraction of sp³-hybridized carbons (Fsp3) is 0.750. The molecule has 0 aliphatic carbocycles. The molecule has 0 spiro atoms. The molecular weight excluding hydrogens is 252 g/mol. The van der Waals surface area contributed by atoms with Crippen molar-refractivity contribution >= 4 is 17.8 Å². The summed E-state index contributed by atoms with van der Waals surface area (Å²) in [6, 6.07) is -0.941. The molecule has 7 nitrogen and oxygen atoms in total. The van der Waals surface area contributed by atoms with Gasteiger partial charge in [0.2, 0.25) is 11.8 Å². The molecule has 2 amide bonds. The highest BCUT2D eigenvalue weighted by molar-refractivity contribution is 5.88. The van der Waals surface area contributed by atoms with E-state index in [2.05, 4.69) is 10.6 Å². The Morgan fingerprint density at radius 1 is 1.21 bits per heavy atom. The van der Waals surface area contributed by atoms with Crippen molar-refractivity contribution in [3.8, 4) is 0 Å². The lowest BCUT2D eigenvalue weighted by Crippen LogP contribution is -2.47. The molecule has 0 fully saturated rings. The monoisotopic (exact) mass is 274 g/mol. The van der Waals surface area contributed by atoms with Gasteiger partial charge in [-0.2, -0.15) is 0 Å². The van der Waals surface area contributed by atoms with Gasteiger partial charge < -0.3 is 20.5 Å². The average Bonchev–Trinajstić information content (AvgIpc) is 2.33. The number of carbonyl (C=O) groups is 3. The number of amides is 2. The summed E-state index contributed by atoms with van der Waals surface area (Å²) in [7, 11) is 1.38. The number of aliphatic carboxylic acids is 1. The summed E-state index contributed by atoms with van der Waals surface area (Å²) in [6.07, 6.45) is -0.317. The minimum absolute atomic E-state index is 0.143. The smallest absolute Gasteiger partial charge is 0.326 e. The highest BCUT2D eigenvalue weighted by Crippen LogP contribution is 2.04. The summed E-state index contributed by atoms with van der Waals surface area (Å²) in [6.45, 7) is 5.01. The van der Waals surface area contributed by atoms with Gasteiger partial charge >= 0.3 is 5.97 Å². The van der Waals surface area contributed by atoms with Crippen LogP contribution in [-0.4, -0.2) is 48.7 Å². The van der Waals surface area contributed by atoms with Gasteiger partial charge in [-0.15, -0.1) is 0 Å². The van der Waals surface area contributed by atoms with E-state index in [9.17, 15) is 14.4 Å². The van der Waals surface area contributed by atoms with Crippen LogP contribution < -0.4 is 10.6 Å². The molecule has 7 heteroatoms. The van der Waals surface area contributed by atoms with E-state index in [1.807, 2.05) is 13.8 Å². The third-order valence-corrected chi connectivity index (χ3v) is 2.49. The van der Waals surface area contributed by atoms with Gasteiger partial charge in [0, 0.05) is 7.11 Å². The zero-order valence-corrected chi connectivity index (χ0v) is 11.7. The van der Waals surface area contributed by atoms with Crippen LogP contribution in [0.1, 0.15) is 27.2 Å². The Labute approximate surface area is 112 Å². The van der Waals surface area contributed by atoms with Gasteiger partial charge in [0.05, 0.1) is 6.54 Å². The van der Waals surface area contributed by atoms with Crippen LogP contribution in [0.3, 0.4) is 0 Å². The lowest BCUT2D eigenvalue weighted by Gasteiger charge is -2.17. The zero-order chi connectivity index (χ0) is 15.0. The predicted octanol–water partition coefficient (Wildman–Crippen LogP) is -0.247. The van der Waals surface area contributed by atoms with E-state index >= 15 is 0 Å². The number of rotatable bonds is 8. The molecule has 0 saturated carbocycles. The van der Waals surface area contributed by atoms with Gasteiger partial charge in [-0.25, -0.2) is 4.79 Å². The number of ether oxygens (including phenoxy) is 1. The highest BCUT2D eigenvalue weighted by Gasteiger charge is 2.21. The van der Waals surface area contributed by atoms with Crippen LogP contribution in [0.15, 0.2) is 0 Å². The van der Waals surface area contributed by atoms with E-state index in [0.717, 1.165) is 0 Å².